The summed E-state index contributed by atoms with van der Waals surface area (Å²) in [5, 5.41) is 1.24. The van der Waals surface area contributed by atoms with E-state index in [1.807, 2.05) is 19.2 Å². The van der Waals surface area contributed by atoms with Crippen molar-refractivity contribution in [1.82, 2.24) is 9.47 Å². The molecular weight excluding hydrogens is 461 g/mol. The van der Waals surface area contributed by atoms with Gasteiger partial charge in [0.1, 0.15) is 18.2 Å². The zero-order valence-electron chi connectivity index (χ0n) is 20.8. The van der Waals surface area contributed by atoms with Crippen LogP contribution >= 0.6 is 0 Å². The van der Waals surface area contributed by atoms with E-state index in [9.17, 15) is 9.59 Å². The first-order valence-electron chi connectivity index (χ1n) is 12.6. The summed E-state index contributed by atoms with van der Waals surface area (Å²) in [5.41, 5.74) is 0.671. The van der Waals surface area contributed by atoms with Gasteiger partial charge >= 0.3 is 0 Å². The largest absolute Gasteiger partial charge is 0.491 e. The van der Waals surface area contributed by atoms with Crippen LogP contribution < -0.4 is 15.2 Å². The van der Waals surface area contributed by atoms with Crippen molar-refractivity contribution in [2.75, 3.05) is 38.3 Å². The van der Waals surface area contributed by atoms with Crippen LogP contribution in [0.15, 0.2) is 53.5 Å². The molecule has 0 bridgehead atoms. The maximum Gasteiger partial charge on any atom is 0.263 e. The summed E-state index contributed by atoms with van der Waals surface area (Å²) in [7, 11) is 1.81. The standard InChI is InChI=1S/C28H32FN3O4/c1-19(33)30(2)22-5-3-12-31(17-22)21-7-10-27(26(29)16-21)32-13-11-20-15-23(8-9-25(20)28(32)34)36-18-24-6-4-14-35-24/h7-11,13,15-16,22,24H,3-6,12,14,17-18H2,1-2H3/t22?,24-/m0/s1. The van der Waals surface area contributed by atoms with Crippen molar-refractivity contribution in [2.24, 2.45) is 0 Å². The maximum absolute atomic E-state index is 15.3. The number of benzene rings is 2. The second-order valence-electron chi connectivity index (χ2n) is 9.69. The summed E-state index contributed by atoms with van der Waals surface area (Å²) in [6.07, 6.45) is 5.63. The summed E-state index contributed by atoms with van der Waals surface area (Å²) < 4.78 is 28.1. The Morgan fingerprint density at radius 3 is 2.78 bits per heavy atom. The van der Waals surface area contributed by atoms with Crippen molar-refractivity contribution < 1.29 is 18.7 Å². The lowest BCUT2D eigenvalue weighted by Crippen LogP contribution is -2.48. The number of hydrogen-bond donors (Lipinski definition) is 0. The van der Waals surface area contributed by atoms with Gasteiger partial charge in [-0.2, -0.15) is 0 Å². The molecule has 0 spiro atoms. The lowest BCUT2D eigenvalue weighted by molar-refractivity contribution is -0.129. The molecule has 1 aromatic heterocycles. The van der Waals surface area contributed by atoms with Crippen LogP contribution in [0, 0.1) is 5.82 Å². The third-order valence-electron chi connectivity index (χ3n) is 7.33. The highest BCUT2D eigenvalue weighted by Crippen LogP contribution is 2.26. The van der Waals surface area contributed by atoms with Gasteiger partial charge in [0.25, 0.3) is 5.56 Å². The molecule has 190 valence electrons. The highest BCUT2D eigenvalue weighted by atomic mass is 19.1. The summed E-state index contributed by atoms with van der Waals surface area (Å²) in [6.45, 7) is 4.28. The number of piperidine rings is 1. The van der Waals surface area contributed by atoms with Crippen molar-refractivity contribution in [3.63, 3.8) is 0 Å². The molecule has 0 N–H and O–H groups in total. The number of nitrogens with zero attached hydrogens (tertiary/aromatic N) is 3. The van der Waals surface area contributed by atoms with Crippen molar-refractivity contribution in [2.45, 2.75) is 44.8 Å². The van der Waals surface area contributed by atoms with Crippen LogP contribution in [0.1, 0.15) is 32.6 Å². The van der Waals surface area contributed by atoms with Gasteiger partial charge in [0.15, 0.2) is 0 Å². The van der Waals surface area contributed by atoms with Crippen LogP contribution in [0.5, 0.6) is 5.75 Å². The Labute approximate surface area is 210 Å². The van der Waals surface area contributed by atoms with Gasteiger partial charge in [0.2, 0.25) is 5.91 Å². The van der Waals surface area contributed by atoms with E-state index in [1.54, 1.807) is 42.3 Å². The Bertz CT molecular complexity index is 1320. The molecule has 8 heteroatoms. The van der Waals surface area contributed by atoms with Crippen LogP contribution in [-0.4, -0.2) is 60.9 Å². The molecule has 3 heterocycles. The average molecular weight is 494 g/mol. The van der Waals surface area contributed by atoms with Gasteiger partial charge in [0, 0.05) is 57.0 Å². The summed E-state index contributed by atoms with van der Waals surface area (Å²) in [6, 6.07) is 12.2. The minimum absolute atomic E-state index is 0.0283. The fraction of sp³-hybridized carbons (Fsp3) is 0.429. The predicted octanol–water partition coefficient (Wildman–Crippen LogP) is 4.13. The second-order valence-corrected chi connectivity index (χ2v) is 9.69. The number of carbonyl (C=O) groups is 1. The number of carbonyl (C=O) groups excluding carboxylic acids is 1. The number of likely N-dealkylation sites (N-methyl/N-ethyl adjacent to an activating group) is 1. The Hall–Kier alpha value is -3.39. The first-order valence-corrected chi connectivity index (χ1v) is 12.6. The van der Waals surface area contributed by atoms with Gasteiger partial charge in [-0.25, -0.2) is 4.39 Å². The molecule has 2 aliphatic rings. The molecule has 5 rings (SSSR count). The van der Waals surface area contributed by atoms with E-state index >= 15 is 4.39 Å². The predicted molar refractivity (Wildman–Crippen MR) is 138 cm³/mol. The summed E-state index contributed by atoms with van der Waals surface area (Å²) in [5.74, 6) is 0.244. The van der Waals surface area contributed by atoms with E-state index < -0.39 is 5.82 Å². The van der Waals surface area contributed by atoms with Crippen LogP contribution in [0.2, 0.25) is 0 Å². The number of rotatable bonds is 6. The number of fused-ring (bicyclic) bond motifs is 1. The highest BCUT2D eigenvalue weighted by molar-refractivity contribution is 5.83. The topological polar surface area (TPSA) is 64.0 Å². The zero-order chi connectivity index (χ0) is 25.2. The summed E-state index contributed by atoms with van der Waals surface area (Å²) >= 11 is 0. The number of amides is 1. The maximum atomic E-state index is 15.3. The Morgan fingerprint density at radius 1 is 1.17 bits per heavy atom. The van der Waals surface area contributed by atoms with Gasteiger partial charge in [-0.05, 0) is 73.5 Å². The van der Waals surface area contributed by atoms with Crippen molar-refractivity contribution in [1.29, 1.82) is 0 Å². The fourth-order valence-corrected chi connectivity index (χ4v) is 5.12. The quantitative estimate of drug-likeness (QED) is 0.517. The first-order chi connectivity index (χ1) is 17.4. The molecular formula is C28H32FN3O4. The zero-order valence-corrected chi connectivity index (χ0v) is 20.8. The third kappa shape index (κ3) is 4.95. The number of halogens is 1. The van der Waals surface area contributed by atoms with E-state index in [4.69, 9.17) is 9.47 Å². The van der Waals surface area contributed by atoms with Gasteiger partial charge in [0.05, 0.1) is 11.8 Å². The van der Waals surface area contributed by atoms with Gasteiger partial charge in [-0.3, -0.25) is 14.2 Å². The molecule has 36 heavy (non-hydrogen) atoms. The van der Waals surface area contributed by atoms with Crippen LogP contribution in [0.4, 0.5) is 10.1 Å². The molecule has 2 saturated heterocycles. The Morgan fingerprint density at radius 2 is 2.03 bits per heavy atom. The Kier molecular flexibility index (Phi) is 6.96. The van der Waals surface area contributed by atoms with Crippen LogP contribution in [-0.2, 0) is 9.53 Å². The molecule has 7 nitrogen and oxygen atoms in total. The molecule has 0 saturated carbocycles. The van der Waals surface area contributed by atoms with Crippen molar-refractivity contribution in [3.05, 3.63) is 64.8 Å². The minimum atomic E-state index is -0.465. The number of pyridine rings is 1. The first kappa shape index (κ1) is 24.3. The van der Waals surface area contributed by atoms with Gasteiger partial charge < -0.3 is 19.3 Å². The lowest BCUT2D eigenvalue weighted by atomic mass is 10.0. The molecule has 2 atom stereocenters. The summed E-state index contributed by atoms with van der Waals surface area (Å²) in [4.78, 5) is 28.8. The molecule has 3 aromatic rings. The minimum Gasteiger partial charge on any atom is -0.491 e. The number of hydrogen-bond acceptors (Lipinski definition) is 5. The number of ether oxygens (including phenoxy) is 2. The lowest BCUT2D eigenvalue weighted by Gasteiger charge is -2.38. The highest BCUT2D eigenvalue weighted by Gasteiger charge is 2.25. The fourth-order valence-electron chi connectivity index (χ4n) is 5.12. The third-order valence-corrected chi connectivity index (χ3v) is 7.33. The van der Waals surface area contributed by atoms with Gasteiger partial charge in [-0.15, -0.1) is 0 Å². The van der Waals surface area contributed by atoms with Crippen molar-refractivity contribution >= 4 is 22.4 Å². The number of anilines is 1. The van der Waals surface area contributed by atoms with Crippen LogP contribution in [0.25, 0.3) is 16.5 Å². The SMILES string of the molecule is CC(=O)N(C)C1CCCN(c2ccc(-n3ccc4cc(OC[C@@H]5CCCO5)ccc4c3=O)c(F)c2)C1. The molecule has 2 fully saturated rings. The van der Waals surface area contributed by atoms with E-state index in [0.717, 1.165) is 49.9 Å². The van der Waals surface area contributed by atoms with E-state index in [2.05, 4.69) is 4.90 Å². The normalized spacial score (nSPS) is 20.0. The van der Waals surface area contributed by atoms with E-state index in [0.29, 0.717) is 24.3 Å². The monoisotopic (exact) mass is 493 g/mol. The average Bonchev–Trinajstić information content (AvgIpc) is 3.41. The molecule has 2 aliphatic heterocycles. The second kappa shape index (κ2) is 10.3. The molecule has 0 aliphatic carbocycles. The molecule has 0 radical (unpaired) electrons. The van der Waals surface area contributed by atoms with Gasteiger partial charge in [-0.1, -0.05) is 0 Å². The van der Waals surface area contributed by atoms with E-state index in [1.165, 1.54) is 10.6 Å². The molecule has 1 unspecified atom stereocenters. The smallest absolute Gasteiger partial charge is 0.263 e. The molecule has 1 amide bonds. The number of aromatic nitrogens is 1. The Balaban J connectivity index is 1.35. The molecule has 2 aromatic carbocycles. The van der Waals surface area contributed by atoms with Crippen LogP contribution in [0.3, 0.4) is 0 Å². The van der Waals surface area contributed by atoms with E-state index in [-0.39, 0.29) is 29.3 Å². The van der Waals surface area contributed by atoms with Crippen molar-refractivity contribution in [3.8, 4) is 11.4 Å².